The van der Waals surface area contributed by atoms with Crippen LogP contribution in [0.15, 0.2) is 54.9 Å². The molecule has 2 N–H and O–H groups in total. The van der Waals surface area contributed by atoms with E-state index in [1.54, 1.807) is 6.20 Å². The molecule has 0 bridgehead atoms. The molecule has 0 radical (unpaired) electrons. The molecule has 3 aromatic rings. The maximum Gasteiger partial charge on any atom is 0.253 e. The number of nitrogens with zero attached hydrogens (tertiary/aromatic N) is 3. The van der Waals surface area contributed by atoms with Gasteiger partial charge in [0.2, 0.25) is 0 Å². The summed E-state index contributed by atoms with van der Waals surface area (Å²) >= 11 is 0. The molecular weight excluding hydrogens is 288 g/mol. The van der Waals surface area contributed by atoms with Crippen molar-refractivity contribution in [1.82, 2.24) is 14.5 Å². The van der Waals surface area contributed by atoms with E-state index in [9.17, 15) is 4.79 Å². The van der Waals surface area contributed by atoms with Crippen molar-refractivity contribution in [1.29, 1.82) is 0 Å². The van der Waals surface area contributed by atoms with E-state index in [4.69, 9.17) is 5.73 Å². The van der Waals surface area contributed by atoms with Gasteiger partial charge in [-0.3, -0.25) is 4.79 Å². The van der Waals surface area contributed by atoms with Gasteiger partial charge in [0.05, 0.1) is 0 Å². The van der Waals surface area contributed by atoms with Crippen LogP contribution < -0.4 is 5.73 Å². The molecule has 1 aliphatic heterocycles. The minimum absolute atomic E-state index is 0.0555. The molecule has 3 heterocycles. The number of benzene rings is 1. The summed E-state index contributed by atoms with van der Waals surface area (Å²) in [6.45, 7) is 1.39. The summed E-state index contributed by atoms with van der Waals surface area (Å²) in [5.74, 6) is 0.0555. The number of hydrogen-bond donors (Lipinski definition) is 1. The lowest BCUT2D eigenvalue weighted by Crippen LogP contribution is -2.31. The SMILES string of the molecule is NC1CCN(C(=O)c2ccc(-n3ccc4cccnc43)cc2)C1. The molecular formula is C18H18N4O. The van der Waals surface area contributed by atoms with Crippen molar-refractivity contribution in [3.63, 3.8) is 0 Å². The van der Waals surface area contributed by atoms with Gasteiger partial charge in [0, 0.05) is 48.2 Å². The van der Waals surface area contributed by atoms with E-state index in [0.29, 0.717) is 12.1 Å². The summed E-state index contributed by atoms with van der Waals surface area (Å²) in [5.41, 5.74) is 8.49. The Labute approximate surface area is 134 Å². The van der Waals surface area contributed by atoms with E-state index >= 15 is 0 Å². The molecule has 1 aliphatic rings. The van der Waals surface area contributed by atoms with Crippen molar-refractivity contribution in [3.8, 4) is 5.69 Å². The molecule has 5 heteroatoms. The standard InChI is InChI=1S/C18H18N4O/c19-15-8-10-21(12-15)18(23)14-3-5-16(6-4-14)22-11-7-13-2-1-9-20-17(13)22/h1-7,9,11,15H,8,10,12,19H2. The van der Waals surface area contributed by atoms with E-state index in [-0.39, 0.29) is 11.9 Å². The Balaban J connectivity index is 1.62. The van der Waals surface area contributed by atoms with Gasteiger partial charge in [-0.05, 0) is 48.9 Å². The monoisotopic (exact) mass is 306 g/mol. The third kappa shape index (κ3) is 2.49. The van der Waals surface area contributed by atoms with Gasteiger partial charge in [0.1, 0.15) is 5.65 Å². The number of aromatic nitrogens is 2. The van der Waals surface area contributed by atoms with Crippen molar-refractivity contribution in [2.24, 2.45) is 5.73 Å². The minimum Gasteiger partial charge on any atom is -0.337 e. The lowest BCUT2D eigenvalue weighted by atomic mass is 10.2. The van der Waals surface area contributed by atoms with E-state index in [1.165, 1.54) is 0 Å². The fourth-order valence-electron chi connectivity index (χ4n) is 3.09. The van der Waals surface area contributed by atoms with Crippen molar-refractivity contribution >= 4 is 16.9 Å². The van der Waals surface area contributed by atoms with Crippen LogP contribution in [0.3, 0.4) is 0 Å². The fourth-order valence-corrected chi connectivity index (χ4v) is 3.09. The molecule has 0 spiro atoms. The van der Waals surface area contributed by atoms with Gasteiger partial charge in [0.15, 0.2) is 0 Å². The van der Waals surface area contributed by atoms with Crippen LogP contribution in [-0.4, -0.2) is 39.5 Å². The smallest absolute Gasteiger partial charge is 0.253 e. The summed E-state index contributed by atoms with van der Waals surface area (Å²) in [7, 11) is 0. The first-order valence-electron chi connectivity index (χ1n) is 7.80. The third-order valence-electron chi connectivity index (χ3n) is 4.35. The molecule has 1 unspecified atom stereocenters. The van der Waals surface area contributed by atoms with Crippen LogP contribution in [-0.2, 0) is 0 Å². The topological polar surface area (TPSA) is 64.2 Å². The first kappa shape index (κ1) is 14.0. The number of pyridine rings is 1. The highest BCUT2D eigenvalue weighted by atomic mass is 16.2. The predicted octanol–water partition coefficient (Wildman–Crippen LogP) is 2.20. The molecule has 1 atom stereocenters. The van der Waals surface area contributed by atoms with Crippen LogP contribution in [0.2, 0.25) is 0 Å². The van der Waals surface area contributed by atoms with Gasteiger partial charge in [0.25, 0.3) is 5.91 Å². The summed E-state index contributed by atoms with van der Waals surface area (Å²) in [4.78, 5) is 18.7. The first-order valence-corrected chi connectivity index (χ1v) is 7.80. The highest BCUT2D eigenvalue weighted by molar-refractivity contribution is 5.94. The first-order chi connectivity index (χ1) is 11.2. The summed E-state index contributed by atoms with van der Waals surface area (Å²) in [6.07, 6.45) is 4.66. The lowest BCUT2D eigenvalue weighted by Gasteiger charge is -2.16. The van der Waals surface area contributed by atoms with Crippen LogP contribution in [0.4, 0.5) is 0 Å². The molecule has 1 aromatic carbocycles. The quantitative estimate of drug-likeness (QED) is 0.789. The second kappa shape index (κ2) is 5.52. The van der Waals surface area contributed by atoms with Crippen LogP contribution in [0.1, 0.15) is 16.8 Å². The van der Waals surface area contributed by atoms with Gasteiger partial charge in [-0.25, -0.2) is 4.98 Å². The largest absolute Gasteiger partial charge is 0.337 e. The molecule has 1 amide bonds. The highest BCUT2D eigenvalue weighted by Gasteiger charge is 2.24. The average molecular weight is 306 g/mol. The molecule has 1 fully saturated rings. The highest BCUT2D eigenvalue weighted by Crippen LogP contribution is 2.19. The van der Waals surface area contributed by atoms with E-state index < -0.39 is 0 Å². The number of likely N-dealkylation sites (tertiary alicyclic amines) is 1. The van der Waals surface area contributed by atoms with E-state index in [1.807, 2.05) is 58.1 Å². The molecule has 116 valence electrons. The van der Waals surface area contributed by atoms with Crippen molar-refractivity contribution < 1.29 is 4.79 Å². The molecule has 1 saturated heterocycles. The second-order valence-corrected chi connectivity index (χ2v) is 5.95. The van der Waals surface area contributed by atoms with Crippen LogP contribution >= 0.6 is 0 Å². The summed E-state index contributed by atoms with van der Waals surface area (Å²) < 4.78 is 2.02. The van der Waals surface area contributed by atoms with Crippen molar-refractivity contribution in [2.75, 3.05) is 13.1 Å². The Kier molecular flexibility index (Phi) is 3.35. The minimum atomic E-state index is 0.0555. The predicted molar refractivity (Wildman–Crippen MR) is 89.6 cm³/mol. The summed E-state index contributed by atoms with van der Waals surface area (Å²) in [5, 5.41) is 1.10. The molecule has 0 saturated carbocycles. The number of hydrogen-bond acceptors (Lipinski definition) is 3. The fraction of sp³-hybridized carbons (Fsp3) is 0.222. The Morgan fingerprint density at radius 2 is 2.00 bits per heavy atom. The zero-order chi connectivity index (χ0) is 15.8. The number of nitrogens with two attached hydrogens (primary N) is 1. The molecule has 0 aliphatic carbocycles. The summed E-state index contributed by atoms with van der Waals surface area (Å²) in [6, 6.07) is 13.8. The van der Waals surface area contributed by atoms with Gasteiger partial charge in [-0.2, -0.15) is 0 Å². The Bertz CT molecular complexity index is 853. The van der Waals surface area contributed by atoms with Gasteiger partial charge >= 0.3 is 0 Å². The zero-order valence-electron chi connectivity index (χ0n) is 12.7. The van der Waals surface area contributed by atoms with Gasteiger partial charge in [-0.15, -0.1) is 0 Å². The number of amides is 1. The molecule has 23 heavy (non-hydrogen) atoms. The van der Waals surface area contributed by atoms with Crippen LogP contribution in [0.25, 0.3) is 16.7 Å². The number of rotatable bonds is 2. The van der Waals surface area contributed by atoms with Crippen LogP contribution in [0.5, 0.6) is 0 Å². The van der Waals surface area contributed by atoms with E-state index in [0.717, 1.165) is 29.7 Å². The van der Waals surface area contributed by atoms with Crippen molar-refractivity contribution in [3.05, 3.63) is 60.4 Å². The van der Waals surface area contributed by atoms with Gasteiger partial charge in [-0.1, -0.05) is 0 Å². The van der Waals surface area contributed by atoms with Crippen LogP contribution in [0, 0.1) is 0 Å². The number of carbonyl (C=O) groups excluding carboxylic acids is 1. The number of fused-ring (bicyclic) bond motifs is 1. The lowest BCUT2D eigenvalue weighted by molar-refractivity contribution is 0.0791. The molecule has 5 nitrogen and oxygen atoms in total. The van der Waals surface area contributed by atoms with Crippen molar-refractivity contribution in [2.45, 2.75) is 12.5 Å². The Hall–Kier alpha value is -2.66. The van der Waals surface area contributed by atoms with Gasteiger partial charge < -0.3 is 15.2 Å². The molecule has 4 rings (SSSR count). The zero-order valence-corrected chi connectivity index (χ0v) is 12.7. The average Bonchev–Trinajstić information content (AvgIpc) is 3.21. The van der Waals surface area contributed by atoms with E-state index in [2.05, 4.69) is 4.98 Å². The Morgan fingerprint density at radius 1 is 1.17 bits per heavy atom. The normalized spacial score (nSPS) is 17.8. The number of carbonyl (C=O) groups is 1. The Morgan fingerprint density at radius 3 is 2.74 bits per heavy atom. The third-order valence-corrected chi connectivity index (χ3v) is 4.35. The second-order valence-electron chi connectivity index (χ2n) is 5.95. The molecule has 2 aromatic heterocycles. The maximum absolute atomic E-state index is 12.5. The maximum atomic E-state index is 12.5.